The molecule has 3 rings (SSSR count). The molecule has 0 aliphatic rings. The van der Waals surface area contributed by atoms with Crippen LogP contribution < -0.4 is 20.1 Å². The van der Waals surface area contributed by atoms with Crippen LogP contribution in [0.3, 0.4) is 0 Å². The Kier molecular flexibility index (Phi) is 5.68. The van der Waals surface area contributed by atoms with E-state index in [2.05, 4.69) is 15.6 Å². The molecule has 27 heavy (non-hydrogen) atoms. The second kappa shape index (κ2) is 8.33. The number of hydrogen-bond acceptors (Lipinski definition) is 6. The highest BCUT2D eigenvalue weighted by Crippen LogP contribution is 2.28. The summed E-state index contributed by atoms with van der Waals surface area (Å²) in [5, 5.41) is 7.80. The van der Waals surface area contributed by atoms with Gasteiger partial charge in [-0.15, -0.1) is 11.3 Å². The minimum atomic E-state index is -0.295. The summed E-state index contributed by atoms with van der Waals surface area (Å²) in [6.45, 7) is 0. The van der Waals surface area contributed by atoms with Gasteiger partial charge in [-0.3, -0.25) is 14.9 Å². The molecule has 0 aliphatic heterocycles. The topological polar surface area (TPSA) is 89.5 Å². The number of nitrogens with one attached hydrogen (secondary N) is 2. The van der Waals surface area contributed by atoms with E-state index < -0.39 is 0 Å². The lowest BCUT2D eigenvalue weighted by Gasteiger charge is -2.10. The third-order valence-electron chi connectivity index (χ3n) is 3.70. The first-order chi connectivity index (χ1) is 13.1. The Labute approximate surface area is 160 Å². The summed E-state index contributed by atoms with van der Waals surface area (Å²) in [6, 6.07) is 11.5. The van der Waals surface area contributed by atoms with Crippen molar-refractivity contribution in [2.75, 3.05) is 24.9 Å². The highest BCUT2D eigenvalue weighted by atomic mass is 32.1. The highest BCUT2D eigenvalue weighted by molar-refractivity contribution is 7.13. The first-order valence-electron chi connectivity index (χ1n) is 7.95. The SMILES string of the molecule is COc1ccc(C(=O)Nc2ccc(C(=O)Nc3nccs3)cc2)cc1OC. The number of anilines is 2. The monoisotopic (exact) mass is 383 g/mol. The van der Waals surface area contributed by atoms with Crippen LogP contribution in [0, 0.1) is 0 Å². The van der Waals surface area contributed by atoms with Crippen LogP contribution in [-0.4, -0.2) is 31.0 Å². The van der Waals surface area contributed by atoms with E-state index in [1.807, 2.05) is 0 Å². The number of nitrogens with zero attached hydrogens (tertiary/aromatic N) is 1. The molecule has 0 fully saturated rings. The minimum Gasteiger partial charge on any atom is -0.493 e. The molecule has 0 saturated carbocycles. The normalized spacial score (nSPS) is 10.1. The van der Waals surface area contributed by atoms with E-state index in [4.69, 9.17) is 9.47 Å². The first-order valence-corrected chi connectivity index (χ1v) is 8.83. The molecule has 1 heterocycles. The van der Waals surface area contributed by atoms with Crippen LogP contribution in [0.1, 0.15) is 20.7 Å². The molecule has 3 aromatic rings. The summed E-state index contributed by atoms with van der Waals surface area (Å²) in [7, 11) is 3.04. The summed E-state index contributed by atoms with van der Waals surface area (Å²) in [6.07, 6.45) is 1.62. The number of thiazole rings is 1. The molecule has 2 amide bonds. The van der Waals surface area contributed by atoms with Crippen molar-refractivity contribution in [3.8, 4) is 11.5 Å². The van der Waals surface area contributed by atoms with Crippen LogP contribution in [0.2, 0.25) is 0 Å². The number of benzene rings is 2. The van der Waals surface area contributed by atoms with Crippen molar-refractivity contribution in [2.45, 2.75) is 0 Å². The number of carbonyl (C=O) groups excluding carboxylic acids is 2. The minimum absolute atomic E-state index is 0.261. The zero-order chi connectivity index (χ0) is 19.2. The summed E-state index contributed by atoms with van der Waals surface area (Å²) in [5.74, 6) is 0.461. The fraction of sp³-hybridized carbons (Fsp3) is 0.105. The van der Waals surface area contributed by atoms with Crippen LogP contribution in [0.4, 0.5) is 10.8 Å². The van der Waals surface area contributed by atoms with Gasteiger partial charge in [0.1, 0.15) is 0 Å². The summed E-state index contributed by atoms with van der Waals surface area (Å²) >= 11 is 1.34. The van der Waals surface area contributed by atoms with Crippen LogP contribution in [0.25, 0.3) is 0 Å². The first kappa shape index (κ1) is 18.4. The van der Waals surface area contributed by atoms with Gasteiger partial charge in [0.25, 0.3) is 11.8 Å². The number of carbonyl (C=O) groups is 2. The van der Waals surface area contributed by atoms with Gasteiger partial charge in [-0.25, -0.2) is 4.98 Å². The summed E-state index contributed by atoms with van der Waals surface area (Å²) in [4.78, 5) is 28.6. The van der Waals surface area contributed by atoms with Gasteiger partial charge >= 0.3 is 0 Å². The van der Waals surface area contributed by atoms with Crippen molar-refractivity contribution >= 4 is 34.0 Å². The number of amides is 2. The quantitative estimate of drug-likeness (QED) is 0.678. The average Bonchev–Trinajstić information content (AvgIpc) is 3.20. The largest absolute Gasteiger partial charge is 0.493 e. The molecule has 0 unspecified atom stereocenters. The Morgan fingerprint density at radius 1 is 0.889 bits per heavy atom. The number of hydrogen-bond donors (Lipinski definition) is 2. The van der Waals surface area contributed by atoms with Crippen molar-refractivity contribution < 1.29 is 19.1 Å². The number of rotatable bonds is 6. The van der Waals surface area contributed by atoms with Crippen LogP contribution in [-0.2, 0) is 0 Å². The molecule has 2 aromatic carbocycles. The fourth-order valence-electron chi connectivity index (χ4n) is 2.34. The van der Waals surface area contributed by atoms with Crippen molar-refractivity contribution in [3.63, 3.8) is 0 Å². The van der Waals surface area contributed by atoms with E-state index in [0.29, 0.717) is 33.4 Å². The van der Waals surface area contributed by atoms with E-state index in [1.54, 1.807) is 54.0 Å². The van der Waals surface area contributed by atoms with E-state index in [0.717, 1.165) is 0 Å². The predicted molar refractivity (Wildman–Crippen MR) is 104 cm³/mol. The second-order valence-corrected chi connectivity index (χ2v) is 6.29. The molecular formula is C19H17N3O4S. The molecule has 0 aliphatic carbocycles. The maximum atomic E-state index is 12.4. The third kappa shape index (κ3) is 4.42. The van der Waals surface area contributed by atoms with Crippen molar-refractivity contribution in [1.29, 1.82) is 0 Å². The average molecular weight is 383 g/mol. The van der Waals surface area contributed by atoms with Crippen molar-refractivity contribution in [2.24, 2.45) is 0 Å². The molecule has 0 atom stereocenters. The Morgan fingerprint density at radius 3 is 2.19 bits per heavy atom. The van der Waals surface area contributed by atoms with Gasteiger partial charge in [-0.05, 0) is 42.5 Å². The maximum Gasteiger partial charge on any atom is 0.257 e. The number of ether oxygens (including phenoxy) is 2. The van der Waals surface area contributed by atoms with Gasteiger partial charge in [-0.1, -0.05) is 0 Å². The molecule has 138 valence electrons. The van der Waals surface area contributed by atoms with Crippen molar-refractivity contribution in [3.05, 3.63) is 65.2 Å². The molecule has 8 heteroatoms. The van der Waals surface area contributed by atoms with E-state index >= 15 is 0 Å². The van der Waals surface area contributed by atoms with Gasteiger partial charge in [0.15, 0.2) is 16.6 Å². The molecule has 0 saturated heterocycles. The zero-order valence-electron chi connectivity index (χ0n) is 14.7. The van der Waals surface area contributed by atoms with Gasteiger partial charge in [-0.2, -0.15) is 0 Å². The van der Waals surface area contributed by atoms with Gasteiger partial charge in [0, 0.05) is 28.4 Å². The van der Waals surface area contributed by atoms with Crippen LogP contribution >= 0.6 is 11.3 Å². The summed E-state index contributed by atoms with van der Waals surface area (Å²) in [5.41, 5.74) is 1.47. The Morgan fingerprint density at radius 2 is 1.56 bits per heavy atom. The van der Waals surface area contributed by atoms with Crippen LogP contribution in [0.5, 0.6) is 11.5 Å². The van der Waals surface area contributed by atoms with Gasteiger partial charge in [0.05, 0.1) is 14.2 Å². The lowest BCUT2D eigenvalue weighted by molar-refractivity contribution is 0.101. The Hall–Kier alpha value is -3.39. The smallest absolute Gasteiger partial charge is 0.257 e. The summed E-state index contributed by atoms with van der Waals surface area (Å²) < 4.78 is 10.4. The Balaban J connectivity index is 1.67. The maximum absolute atomic E-state index is 12.4. The zero-order valence-corrected chi connectivity index (χ0v) is 15.5. The molecule has 0 bridgehead atoms. The Bertz CT molecular complexity index is 940. The molecular weight excluding hydrogens is 366 g/mol. The molecule has 0 spiro atoms. The van der Waals surface area contributed by atoms with E-state index in [-0.39, 0.29) is 11.8 Å². The van der Waals surface area contributed by atoms with Crippen molar-refractivity contribution in [1.82, 2.24) is 4.98 Å². The second-order valence-electron chi connectivity index (χ2n) is 5.39. The third-order valence-corrected chi connectivity index (χ3v) is 4.39. The lowest BCUT2D eigenvalue weighted by atomic mass is 10.1. The molecule has 0 radical (unpaired) electrons. The number of aromatic nitrogens is 1. The highest BCUT2D eigenvalue weighted by Gasteiger charge is 2.12. The predicted octanol–water partition coefficient (Wildman–Crippen LogP) is 3.66. The fourth-order valence-corrected chi connectivity index (χ4v) is 2.86. The van der Waals surface area contributed by atoms with E-state index in [9.17, 15) is 9.59 Å². The standard InChI is InChI=1S/C19H17N3O4S/c1-25-15-8-5-13(11-16(15)26-2)18(24)21-14-6-3-12(4-7-14)17(23)22-19-20-9-10-27-19/h3-11H,1-2H3,(H,21,24)(H,20,22,23). The molecule has 1 aromatic heterocycles. The van der Waals surface area contributed by atoms with E-state index in [1.165, 1.54) is 25.6 Å². The number of methoxy groups -OCH3 is 2. The molecule has 2 N–H and O–H groups in total. The van der Waals surface area contributed by atoms with Gasteiger partial charge in [0.2, 0.25) is 0 Å². The lowest BCUT2D eigenvalue weighted by Crippen LogP contribution is -2.13. The van der Waals surface area contributed by atoms with Crippen LogP contribution in [0.15, 0.2) is 54.0 Å². The van der Waals surface area contributed by atoms with Gasteiger partial charge < -0.3 is 14.8 Å². The molecule has 7 nitrogen and oxygen atoms in total.